The second kappa shape index (κ2) is 5.54. The molecule has 3 N–H and O–H groups in total. The maximum Gasteiger partial charge on any atom is 0.158 e. The summed E-state index contributed by atoms with van der Waals surface area (Å²) < 4.78 is 1.84. The van der Waals surface area contributed by atoms with Crippen molar-refractivity contribution in [2.24, 2.45) is 12.8 Å². The largest absolute Gasteiger partial charge is 0.389 e. The summed E-state index contributed by atoms with van der Waals surface area (Å²) in [5, 5.41) is 15.1. The smallest absolute Gasteiger partial charge is 0.158 e. The molecule has 94 valence electrons. The summed E-state index contributed by atoms with van der Waals surface area (Å²) in [6.07, 6.45) is 4.18. The van der Waals surface area contributed by atoms with Gasteiger partial charge >= 0.3 is 0 Å². The molecule has 0 spiro atoms. The monoisotopic (exact) mass is 262 g/mol. The average molecular weight is 262 g/mol. The Labute approximate surface area is 110 Å². The van der Waals surface area contributed by atoms with E-state index < -0.39 is 0 Å². The Kier molecular flexibility index (Phi) is 3.83. The minimum atomic E-state index is 0.313. The van der Waals surface area contributed by atoms with E-state index in [0.717, 1.165) is 12.1 Å². The van der Waals surface area contributed by atoms with Crippen molar-refractivity contribution in [3.05, 3.63) is 35.8 Å². The van der Waals surface area contributed by atoms with Gasteiger partial charge in [-0.05, 0) is 12.1 Å². The van der Waals surface area contributed by atoms with Gasteiger partial charge < -0.3 is 11.1 Å². The van der Waals surface area contributed by atoms with Gasteiger partial charge in [-0.3, -0.25) is 4.68 Å². The van der Waals surface area contributed by atoms with Crippen molar-refractivity contribution >= 4 is 23.0 Å². The van der Waals surface area contributed by atoms with Crippen molar-refractivity contribution in [1.82, 2.24) is 20.0 Å². The van der Waals surface area contributed by atoms with Gasteiger partial charge in [0.15, 0.2) is 5.82 Å². The number of aromatic nitrogens is 4. The first-order valence-electron chi connectivity index (χ1n) is 5.50. The van der Waals surface area contributed by atoms with Crippen LogP contribution in [0.2, 0.25) is 0 Å². The molecule has 7 heteroatoms. The van der Waals surface area contributed by atoms with Crippen LogP contribution in [0.5, 0.6) is 0 Å². The van der Waals surface area contributed by atoms with Crippen LogP contribution in [-0.2, 0) is 13.5 Å². The summed E-state index contributed by atoms with van der Waals surface area (Å²) in [6, 6.07) is 3.73. The number of thiocarbonyl (C=S) groups is 1. The Morgan fingerprint density at radius 3 is 2.94 bits per heavy atom. The maximum absolute atomic E-state index is 5.61. The zero-order valence-electron chi connectivity index (χ0n) is 10.00. The van der Waals surface area contributed by atoms with E-state index in [9.17, 15) is 0 Å². The number of aryl methyl sites for hydroxylation is 1. The molecule has 0 aliphatic heterocycles. The Morgan fingerprint density at radius 2 is 2.28 bits per heavy atom. The first-order valence-corrected chi connectivity index (χ1v) is 5.91. The first-order chi connectivity index (χ1) is 8.68. The van der Waals surface area contributed by atoms with Gasteiger partial charge in [-0.15, -0.1) is 5.10 Å². The van der Waals surface area contributed by atoms with E-state index in [1.165, 1.54) is 0 Å². The highest BCUT2D eigenvalue weighted by Gasteiger charge is 2.06. The highest BCUT2D eigenvalue weighted by atomic mass is 32.1. The predicted molar refractivity (Wildman–Crippen MR) is 73.3 cm³/mol. The molecule has 0 radical (unpaired) electrons. The molecule has 0 unspecified atom stereocenters. The Hall–Kier alpha value is -2.02. The molecule has 0 amide bonds. The number of hydrogen-bond acceptors (Lipinski definition) is 5. The van der Waals surface area contributed by atoms with Gasteiger partial charge in [0.05, 0.1) is 11.8 Å². The zero-order chi connectivity index (χ0) is 13.0. The minimum Gasteiger partial charge on any atom is -0.389 e. The van der Waals surface area contributed by atoms with Gasteiger partial charge in [0, 0.05) is 31.9 Å². The minimum absolute atomic E-state index is 0.313. The van der Waals surface area contributed by atoms with E-state index in [1.54, 1.807) is 18.5 Å². The van der Waals surface area contributed by atoms with Crippen molar-refractivity contribution in [2.45, 2.75) is 6.42 Å². The normalized spacial score (nSPS) is 10.3. The number of rotatable bonds is 5. The van der Waals surface area contributed by atoms with E-state index >= 15 is 0 Å². The molecule has 0 bridgehead atoms. The number of anilines is 1. The first kappa shape index (κ1) is 12.4. The summed E-state index contributed by atoms with van der Waals surface area (Å²) in [5.41, 5.74) is 7.47. The molecule has 0 fully saturated rings. The van der Waals surface area contributed by atoms with E-state index in [2.05, 4.69) is 20.6 Å². The van der Waals surface area contributed by atoms with E-state index in [1.807, 2.05) is 17.8 Å². The second-order valence-electron chi connectivity index (χ2n) is 3.78. The molecule has 2 aromatic heterocycles. The summed E-state index contributed by atoms with van der Waals surface area (Å²) >= 11 is 4.96. The Bertz CT molecular complexity index is 550. The van der Waals surface area contributed by atoms with Gasteiger partial charge in [-0.25, -0.2) is 0 Å². The topological polar surface area (TPSA) is 81.7 Å². The molecule has 0 aliphatic rings. The van der Waals surface area contributed by atoms with Crippen LogP contribution >= 0.6 is 12.2 Å². The SMILES string of the molecule is Cn1nccc1CCNc1nnccc1C(N)=S. The molecular weight excluding hydrogens is 248 g/mol. The van der Waals surface area contributed by atoms with Gasteiger partial charge in [-0.2, -0.15) is 10.2 Å². The summed E-state index contributed by atoms with van der Waals surface area (Å²) in [5.74, 6) is 0.618. The molecule has 0 aromatic carbocycles. The average Bonchev–Trinajstić information content (AvgIpc) is 2.76. The van der Waals surface area contributed by atoms with Crippen molar-refractivity contribution in [2.75, 3.05) is 11.9 Å². The van der Waals surface area contributed by atoms with E-state index in [0.29, 0.717) is 22.9 Å². The van der Waals surface area contributed by atoms with Crippen molar-refractivity contribution in [3.63, 3.8) is 0 Å². The van der Waals surface area contributed by atoms with Crippen LogP contribution in [-0.4, -0.2) is 31.5 Å². The standard InChI is InChI=1S/C11H14N6S/c1-17-8(3-7-15-17)2-5-13-11-9(10(12)18)4-6-14-16-11/h3-4,6-7H,2,5H2,1H3,(H2,12,18)(H,13,16). The number of hydrogen-bond donors (Lipinski definition) is 2. The molecule has 18 heavy (non-hydrogen) atoms. The third-order valence-corrected chi connectivity index (χ3v) is 2.80. The van der Waals surface area contributed by atoms with Crippen molar-refractivity contribution in [3.8, 4) is 0 Å². The van der Waals surface area contributed by atoms with Crippen LogP contribution < -0.4 is 11.1 Å². The molecule has 2 heterocycles. The highest BCUT2D eigenvalue weighted by molar-refractivity contribution is 7.80. The molecule has 0 saturated heterocycles. The summed E-state index contributed by atoms with van der Waals surface area (Å²) in [4.78, 5) is 0.313. The molecule has 6 nitrogen and oxygen atoms in total. The van der Waals surface area contributed by atoms with Gasteiger partial charge in [0.25, 0.3) is 0 Å². The third kappa shape index (κ3) is 2.80. The summed E-state index contributed by atoms with van der Waals surface area (Å²) in [7, 11) is 1.91. The fourth-order valence-corrected chi connectivity index (χ4v) is 1.78. The lowest BCUT2D eigenvalue weighted by molar-refractivity contribution is 0.710. The Balaban J connectivity index is 1.99. The summed E-state index contributed by atoms with van der Waals surface area (Å²) in [6.45, 7) is 0.716. The quantitative estimate of drug-likeness (QED) is 0.764. The van der Waals surface area contributed by atoms with Gasteiger partial charge in [0.2, 0.25) is 0 Å². The molecular formula is C11H14N6S. The molecule has 2 aromatic rings. The fourth-order valence-electron chi connectivity index (χ4n) is 1.62. The van der Waals surface area contributed by atoms with Crippen LogP contribution in [0, 0.1) is 0 Å². The molecule has 2 rings (SSSR count). The van der Waals surface area contributed by atoms with E-state index in [-0.39, 0.29) is 0 Å². The van der Waals surface area contributed by atoms with Gasteiger partial charge in [0.1, 0.15) is 4.99 Å². The van der Waals surface area contributed by atoms with Crippen molar-refractivity contribution < 1.29 is 0 Å². The lowest BCUT2D eigenvalue weighted by Gasteiger charge is -2.08. The highest BCUT2D eigenvalue weighted by Crippen LogP contribution is 2.09. The number of nitrogens with two attached hydrogens (primary N) is 1. The van der Waals surface area contributed by atoms with Crippen LogP contribution in [0.4, 0.5) is 5.82 Å². The van der Waals surface area contributed by atoms with Crippen molar-refractivity contribution in [1.29, 1.82) is 0 Å². The van der Waals surface area contributed by atoms with Crippen LogP contribution in [0.25, 0.3) is 0 Å². The van der Waals surface area contributed by atoms with Gasteiger partial charge in [-0.1, -0.05) is 12.2 Å². The lowest BCUT2D eigenvalue weighted by Crippen LogP contribution is -2.16. The molecule has 0 atom stereocenters. The Morgan fingerprint density at radius 1 is 1.44 bits per heavy atom. The number of nitrogens with one attached hydrogen (secondary N) is 1. The molecule has 0 saturated carbocycles. The lowest BCUT2D eigenvalue weighted by atomic mass is 10.2. The maximum atomic E-state index is 5.61. The molecule has 0 aliphatic carbocycles. The fraction of sp³-hybridized carbons (Fsp3) is 0.273. The number of nitrogens with zero attached hydrogens (tertiary/aromatic N) is 4. The second-order valence-corrected chi connectivity index (χ2v) is 4.22. The van der Waals surface area contributed by atoms with E-state index in [4.69, 9.17) is 18.0 Å². The van der Waals surface area contributed by atoms with Crippen LogP contribution in [0.3, 0.4) is 0 Å². The predicted octanol–water partition coefficient (Wildman–Crippen LogP) is 0.499. The van der Waals surface area contributed by atoms with Crippen LogP contribution in [0.1, 0.15) is 11.3 Å². The third-order valence-electron chi connectivity index (χ3n) is 2.58. The zero-order valence-corrected chi connectivity index (χ0v) is 10.8. The van der Waals surface area contributed by atoms with Crippen LogP contribution in [0.15, 0.2) is 24.5 Å².